The van der Waals surface area contributed by atoms with Gasteiger partial charge < -0.3 is 5.11 Å². The van der Waals surface area contributed by atoms with Crippen LogP contribution in [0.25, 0.3) is 0 Å². The van der Waals surface area contributed by atoms with Gasteiger partial charge in [0.05, 0.1) is 11.2 Å². The molecule has 1 unspecified atom stereocenters. The molecule has 86 valence electrons. The van der Waals surface area contributed by atoms with E-state index in [9.17, 15) is 9.59 Å². The first-order valence-corrected chi connectivity index (χ1v) is 5.82. The van der Waals surface area contributed by atoms with Crippen LogP contribution < -0.4 is 0 Å². The van der Waals surface area contributed by atoms with E-state index in [0.717, 1.165) is 5.56 Å². The van der Waals surface area contributed by atoms with Crippen LogP contribution in [0, 0.1) is 6.92 Å². The molecule has 3 nitrogen and oxygen atoms in total. The van der Waals surface area contributed by atoms with Gasteiger partial charge in [-0.1, -0.05) is 27.6 Å². The number of ketones is 1. The maximum Gasteiger partial charge on any atom is 0.307 e. The number of hydrogen-bond acceptors (Lipinski definition) is 2. The van der Waals surface area contributed by atoms with E-state index < -0.39 is 5.97 Å². The summed E-state index contributed by atoms with van der Waals surface area (Å²) in [5, 5.41) is 8.70. The molecule has 1 atom stereocenters. The second kappa shape index (κ2) is 5.25. The maximum absolute atomic E-state index is 11.7. The van der Waals surface area contributed by atoms with E-state index in [2.05, 4.69) is 15.9 Å². The van der Waals surface area contributed by atoms with Gasteiger partial charge in [0.2, 0.25) is 0 Å². The van der Waals surface area contributed by atoms with Crippen LogP contribution in [0.4, 0.5) is 0 Å². The number of carbonyl (C=O) groups is 2. The molecule has 0 aliphatic carbocycles. The number of hydrogen-bond donors (Lipinski definition) is 1. The molecule has 0 amide bonds. The number of rotatable bonds is 4. The van der Waals surface area contributed by atoms with Crippen LogP contribution in [0.3, 0.4) is 0 Å². The van der Waals surface area contributed by atoms with Gasteiger partial charge >= 0.3 is 5.97 Å². The largest absolute Gasteiger partial charge is 0.481 e. The van der Waals surface area contributed by atoms with Crippen molar-refractivity contribution < 1.29 is 14.7 Å². The number of benzene rings is 1. The quantitative estimate of drug-likeness (QED) is 0.683. The van der Waals surface area contributed by atoms with Gasteiger partial charge in [-0.2, -0.15) is 0 Å². The summed E-state index contributed by atoms with van der Waals surface area (Å²) >= 11 is 3.21. The Bertz CT molecular complexity index is 424. The van der Waals surface area contributed by atoms with Crippen LogP contribution in [0.5, 0.6) is 0 Å². The third-order valence-corrected chi connectivity index (χ3v) is 2.55. The lowest BCUT2D eigenvalue weighted by Crippen LogP contribution is -2.11. The molecule has 0 aliphatic heterocycles. The smallest absolute Gasteiger partial charge is 0.307 e. The van der Waals surface area contributed by atoms with E-state index in [1.807, 2.05) is 6.92 Å². The summed E-state index contributed by atoms with van der Waals surface area (Å²) in [6.07, 6.45) is -0.0569. The molecular weight excluding hydrogens is 272 g/mol. The second-order valence-electron chi connectivity index (χ2n) is 3.76. The summed E-state index contributed by atoms with van der Waals surface area (Å²) in [4.78, 5) is 22.1. The molecule has 0 saturated heterocycles. The summed E-state index contributed by atoms with van der Waals surface area (Å²) in [7, 11) is 0. The Labute approximate surface area is 103 Å². The third kappa shape index (κ3) is 3.45. The van der Waals surface area contributed by atoms with Crippen LogP contribution in [0.2, 0.25) is 0 Å². The highest BCUT2D eigenvalue weighted by Gasteiger charge is 2.13. The van der Waals surface area contributed by atoms with Crippen LogP contribution in [-0.2, 0) is 11.2 Å². The summed E-state index contributed by atoms with van der Waals surface area (Å²) in [6.45, 7) is 3.60. The Morgan fingerprint density at radius 3 is 2.50 bits per heavy atom. The second-order valence-corrected chi connectivity index (χ2v) is 5.13. The van der Waals surface area contributed by atoms with E-state index in [0.29, 0.717) is 11.1 Å². The lowest BCUT2D eigenvalue weighted by Gasteiger charge is -2.07. The molecule has 0 spiro atoms. The Morgan fingerprint density at radius 1 is 1.38 bits per heavy atom. The van der Waals surface area contributed by atoms with E-state index in [1.54, 1.807) is 25.1 Å². The summed E-state index contributed by atoms with van der Waals surface area (Å²) in [5.74, 6) is -0.925. The lowest BCUT2D eigenvalue weighted by atomic mass is 10.0. The van der Waals surface area contributed by atoms with Gasteiger partial charge in [-0.25, -0.2) is 0 Å². The minimum absolute atomic E-state index is 0.0321. The number of alkyl halides is 1. The molecule has 0 bridgehead atoms. The monoisotopic (exact) mass is 284 g/mol. The molecular formula is C12H13BrO3. The average Bonchev–Trinajstić information content (AvgIpc) is 2.14. The molecule has 0 radical (unpaired) electrons. The predicted octanol–water partition coefficient (Wildman–Crippen LogP) is 2.59. The Balaban J connectivity index is 3.07. The zero-order valence-electron chi connectivity index (χ0n) is 9.16. The molecule has 1 aromatic rings. The number of halogens is 1. The number of aliphatic carboxylic acids is 1. The van der Waals surface area contributed by atoms with Gasteiger partial charge in [-0.3, -0.25) is 9.59 Å². The molecule has 0 heterocycles. The van der Waals surface area contributed by atoms with Crippen molar-refractivity contribution in [3.8, 4) is 0 Å². The average molecular weight is 285 g/mol. The van der Waals surface area contributed by atoms with E-state index in [-0.39, 0.29) is 17.0 Å². The molecule has 1 N–H and O–H groups in total. The van der Waals surface area contributed by atoms with E-state index in [4.69, 9.17) is 5.11 Å². The number of carbonyl (C=O) groups excluding carboxylic acids is 1. The molecule has 0 fully saturated rings. The predicted molar refractivity (Wildman–Crippen MR) is 65.2 cm³/mol. The van der Waals surface area contributed by atoms with Crippen molar-refractivity contribution in [2.24, 2.45) is 0 Å². The highest BCUT2D eigenvalue weighted by atomic mass is 79.9. The fourth-order valence-electron chi connectivity index (χ4n) is 1.51. The van der Waals surface area contributed by atoms with Crippen LogP contribution >= 0.6 is 15.9 Å². The standard InChI is InChI=1S/C12H13BrO3/c1-7-3-9(6-11(14)15)5-10(4-7)12(16)8(2)13/h3-5,8H,6H2,1-2H3,(H,14,15). The number of Topliss-reactive ketones (excluding diaryl/α,β-unsaturated/α-hetero) is 1. The Kier molecular flexibility index (Phi) is 4.24. The van der Waals surface area contributed by atoms with Crippen molar-refractivity contribution in [2.75, 3.05) is 0 Å². The first-order valence-electron chi connectivity index (χ1n) is 4.91. The van der Waals surface area contributed by atoms with Gasteiger partial charge in [0.15, 0.2) is 5.78 Å². The summed E-state index contributed by atoms with van der Waals surface area (Å²) < 4.78 is 0. The van der Waals surface area contributed by atoms with Crippen molar-refractivity contribution >= 4 is 27.7 Å². The van der Waals surface area contributed by atoms with Gasteiger partial charge in [0, 0.05) is 5.56 Å². The fraction of sp³-hybridized carbons (Fsp3) is 0.333. The maximum atomic E-state index is 11.7. The molecule has 0 saturated carbocycles. The summed E-state index contributed by atoms with van der Waals surface area (Å²) in [6, 6.07) is 5.19. The SMILES string of the molecule is Cc1cc(CC(=O)O)cc(C(=O)C(C)Br)c1. The molecule has 1 rings (SSSR count). The normalized spacial score (nSPS) is 12.2. The van der Waals surface area contributed by atoms with Crippen molar-refractivity contribution in [3.05, 3.63) is 34.9 Å². The van der Waals surface area contributed by atoms with Crippen molar-refractivity contribution in [1.29, 1.82) is 0 Å². The van der Waals surface area contributed by atoms with E-state index in [1.165, 1.54) is 0 Å². The molecule has 16 heavy (non-hydrogen) atoms. The Morgan fingerprint density at radius 2 is 2.00 bits per heavy atom. The molecule has 1 aromatic carbocycles. The van der Waals surface area contributed by atoms with Crippen LogP contribution in [-0.4, -0.2) is 21.7 Å². The zero-order valence-corrected chi connectivity index (χ0v) is 10.7. The molecule has 0 aliphatic rings. The summed E-state index contributed by atoms with van der Waals surface area (Å²) in [5.41, 5.74) is 2.11. The minimum atomic E-state index is -0.893. The first kappa shape index (κ1) is 12.9. The molecule has 0 aromatic heterocycles. The fourth-order valence-corrected chi connectivity index (χ4v) is 1.78. The van der Waals surface area contributed by atoms with Crippen LogP contribution in [0.1, 0.15) is 28.4 Å². The van der Waals surface area contributed by atoms with Gasteiger partial charge in [-0.15, -0.1) is 0 Å². The highest BCUT2D eigenvalue weighted by Crippen LogP contribution is 2.15. The number of carboxylic acids is 1. The third-order valence-electron chi connectivity index (χ3n) is 2.14. The van der Waals surface area contributed by atoms with Gasteiger partial charge in [-0.05, 0) is 31.5 Å². The van der Waals surface area contributed by atoms with Gasteiger partial charge in [0.25, 0.3) is 0 Å². The number of aryl methyl sites for hydroxylation is 1. The van der Waals surface area contributed by atoms with Crippen molar-refractivity contribution in [3.63, 3.8) is 0 Å². The molecule has 4 heteroatoms. The van der Waals surface area contributed by atoms with Crippen molar-refractivity contribution in [1.82, 2.24) is 0 Å². The van der Waals surface area contributed by atoms with Crippen LogP contribution in [0.15, 0.2) is 18.2 Å². The lowest BCUT2D eigenvalue weighted by molar-refractivity contribution is -0.136. The Hall–Kier alpha value is -1.16. The minimum Gasteiger partial charge on any atom is -0.481 e. The van der Waals surface area contributed by atoms with Gasteiger partial charge in [0.1, 0.15) is 0 Å². The van der Waals surface area contributed by atoms with E-state index >= 15 is 0 Å². The van der Waals surface area contributed by atoms with Crippen molar-refractivity contribution in [2.45, 2.75) is 25.1 Å². The highest BCUT2D eigenvalue weighted by molar-refractivity contribution is 9.10. The zero-order chi connectivity index (χ0) is 12.3. The first-order chi connectivity index (χ1) is 7.40. The number of carboxylic acid groups (broad SMARTS) is 1. The topological polar surface area (TPSA) is 54.4 Å².